The maximum atomic E-state index is 6.06. The number of rotatable bonds is 3. The first-order valence-corrected chi connectivity index (χ1v) is 7.68. The van der Waals surface area contributed by atoms with Gasteiger partial charge in [-0.15, -0.1) is 0 Å². The molecular formula is C18H23N3. The number of hydrogen-bond donors (Lipinski definition) is 2. The third kappa shape index (κ3) is 3.13. The van der Waals surface area contributed by atoms with Gasteiger partial charge in [0.25, 0.3) is 0 Å². The Labute approximate surface area is 126 Å². The molecule has 0 radical (unpaired) electrons. The van der Waals surface area contributed by atoms with Crippen LogP contribution < -0.4 is 16.0 Å². The van der Waals surface area contributed by atoms with Crippen LogP contribution in [0, 0.1) is 6.92 Å². The molecule has 0 bridgehead atoms. The molecule has 0 unspecified atom stereocenters. The molecular weight excluding hydrogens is 258 g/mol. The first-order chi connectivity index (χ1) is 10.2. The van der Waals surface area contributed by atoms with Crippen LogP contribution in [0.2, 0.25) is 0 Å². The smallest absolute Gasteiger partial charge is 0.0990 e. The summed E-state index contributed by atoms with van der Waals surface area (Å²) >= 11 is 0. The Balaban J connectivity index is 1.81. The summed E-state index contributed by atoms with van der Waals surface area (Å²) in [4.78, 5) is 2.45. The number of aryl methyl sites for hydroxylation is 1. The van der Waals surface area contributed by atoms with Crippen molar-refractivity contribution in [1.82, 2.24) is 0 Å². The van der Waals surface area contributed by atoms with Crippen LogP contribution in [-0.4, -0.2) is 12.7 Å². The second-order valence-electron chi connectivity index (χ2n) is 5.77. The summed E-state index contributed by atoms with van der Waals surface area (Å²) < 4.78 is 0. The van der Waals surface area contributed by atoms with Crippen LogP contribution in [0.15, 0.2) is 48.5 Å². The molecule has 0 saturated carbocycles. The summed E-state index contributed by atoms with van der Waals surface area (Å²) in [6.45, 7) is 3.22. The molecule has 1 aliphatic heterocycles. The van der Waals surface area contributed by atoms with Crippen LogP contribution in [0.4, 0.5) is 17.1 Å². The molecule has 0 amide bonds. The summed E-state index contributed by atoms with van der Waals surface area (Å²) in [7, 11) is 0. The minimum Gasteiger partial charge on any atom is -0.397 e. The Morgan fingerprint density at radius 3 is 2.57 bits per heavy atom. The predicted molar refractivity (Wildman–Crippen MR) is 90.6 cm³/mol. The first kappa shape index (κ1) is 13.8. The third-order valence-corrected chi connectivity index (χ3v) is 4.15. The number of nitrogens with zero attached hydrogens (tertiary/aromatic N) is 1. The van der Waals surface area contributed by atoms with Crippen LogP contribution in [0.25, 0.3) is 0 Å². The lowest BCUT2D eigenvalue weighted by Gasteiger charge is -2.38. The van der Waals surface area contributed by atoms with E-state index >= 15 is 0 Å². The van der Waals surface area contributed by atoms with Crippen LogP contribution >= 0.6 is 0 Å². The van der Waals surface area contributed by atoms with Gasteiger partial charge in [0.15, 0.2) is 0 Å². The highest BCUT2D eigenvalue weighted by Gasteiger charge is 2.22. The van der Waals surface area contributed by atoms with Gasteiger partial charge >= 0.3 is 0 Å². The van der Waals surface area contributed by atoms with E-state index in [4.69, 9.17) is 5.73 Å². The van der Waals surface area contributed by atoms with E-state index in [0.29, 0.717) is 6.17 Å². The minimum absolute atomic E-state index is 0.311. The second-order valence-corrected chi connectivity index (χ2v) is 5.77. The molecule has 2 aromatic rings. The molecule has 21 heavy (non-hydrogen) atoms. The second kappa shape index (κ2) is 6.08. The van der Waals surface area contributed by atoms with Gasteiger partial charge in [-0.2, -0.15) is 0 Å². The fraction of sp³-hybridized carbons (Fsp3) is 0.333. The van der Waals surface area contributed by atoms with Gasteiger partial charge in [0.05, 0.1) is 17.5 Å². The molecule has 110 valence electrons. The van der Waals surface area contributed by atoms with Crippen molar-refractivity contribution in [3.8, 4) is 0 Å². The molecule has 1 heterocycles. The van der Waals surface area contributed by atoms with Crippen LogP contribution in [-0.2, 0) is 0 Å². The van der Waals surface area contributed by atoms with E-state index in [9.17, 15) is 0 Å². The van der Waals surface area contributed by atoms with Gasteiger partial charge in [0.2, 0.25) is 0 Å². The number of nitrogen functional groups attached to an aromatic ring is 1. The Kier molecular flexibility index (Phi) is 4.00. The molecule has 2 aromatic carbocycles. The van der Waals surface area contributed by atoms with Crippen molar-refractivity contribution in [2.45, 2.75) is 32.4 Å². The SMILES string of the molecule is Cc1ccc(N2CCCC[C@H]2Nc2ccccc2N)cc1. The maximum absolute atomic E-state index is 6.06. The molecule has 0 aliphatic carbocycles. The monoisotopic (exact) mass is 281 g/mol. The van der Waals surface area contributed by atoms with Gasteiger partial charge in [-0.1, -0.05) is 29.8 Å². The Hall–Kier alpha value is -2.16. The lowest BCUT2D eigenvalue weighted by molar-refractivity contribution is 0.493. The average Bonchev–Trinajstić information content (AvgIpc) is 2.51. The van der Waals surface area contributed by atoms with Crippen molar-refractivity contribution in [2.75, 3.05) is 22.5 Å². The summed E-state index contributed by atoms with van der Waals surface area (Å²) in [6, 6.07) is 16.8. The number of piperidine rings is 1. The highest BCUT2D eigenvalue weighted by Crippen LogP contribution is 2.27. The Morgan fingerprint density at radius 1 is 1.05 bits per heavy atom. The number of benzene rings is 2. The van der Waals surface area contributed by atoms with E-state index in [0.717, 1.165) is 24.3 Å². The van der Waals surface area contributed by atoms with Crippen molar-refractivity contribution in [3.05, 3.63) is 54.1 Å². The summed E-state index contributed by atoms with van der Waals surface area (Å²) in [6.07, 6.45) is 3.96. The molecule has 1 fully saturated rings. The van der Waals surface area contributed by atoms with Gasteiger partial charge < -0.3 is 16.0 Å². The summed E-state index contributed by atoms with van der Waals surface area (Å²) in [5, 5.41) is 3.61. The van der Waals surface area contributed by atoms with E-state index in [2.05, 4.69) is 47.5 Å². The molecule has 0 aromatic heterocycles. The number of anilines is 3. The highest BCUT2D eigenvalue weighted by molar-refractivity contribution is 5.67. The lowest BCUT2D eigenvalue weighted by Crippen LogP contribution is -2.44. The average molecular weight is 281 g/mol. The summed E-state index contributed by atoms with van der Waals surface area (Å²) in [5.74, 6) is 0. The van der Waals surface area contributed by atoms with Gasteiger partial charge in [-0.3, -0.25) is 0 Å². The number of nitrogens with one attached hydrogen (secondary N) is 1. The molecule has 1 aliphatic rings. The molecule has 1 saturated heterocycles. The van der Waals surface area contributed by atoms with E-state index in [-0.39, 0.29) is 0 Å². The van der Waals surface area contributed by atoms with Gasteiger partial charge in [-0.25, -0.2) is 0 Å². The van der Waals surface area contributed by atoms with E-state index in [1.54, 1.807) is 0 Å². The summed E-state index contributed by atoms with van der Waals surface area (Å²) in [5.41, 5.74) is 10.5. The standard InChI is InChI=1S/C18H23N3/c1-14-9-11-15(12-10-14)21-13-5-4-8-18(21)20-17-7-3-2-6-16(17)19/h2-3,6-7,9-12,18,20H,4-5,8,13,19H2,1H3/t18-/m0/s1. The highest BCUT2D eigenvalue weighted by atomic mass is 15.3. The fourth-order valence-corrected chi connectivity index (χ4v) is 2.93. The Bertz CT molecular complexity index is 592. The third-order valence-electron chi connectivity index (χ3n) is 4.15. The predicted octanol–water partition coefficient (Wildman–Crippen LogP) is 4.01. The molecule has 3 heteroatoms. The van der Waals surface area contributed by atoms with Gasteiger partial charge in [0, 0.05) is 12.2 Å². The fourth-order valence-electron chi connectivity index (χ4n) is 2.93. The quantitative estimate of drug-likeness (QED) is 0.835. The number of nitrogens with two attached hydrogens (primary N) is 1. The molecule has 1 atom stereocenters. The van der Waals surface area contributed by atoms with Crippen molar-refractivity contribution in [1.29, 1.82) is 0 Å². The molecule has 3 nitrogen and oxygen atoms in total. The number of para-hydroxylation sites is 2. The van der Waals surface area contributed by atoms with Crippen LogP contribution in [0.5, 0.6) is 0 Å². The Morgan fingerprint density at radius 2 is 1.81 bits per heavy atom. The molecule has 0 spiro atoms. The van der Waals surface area contributed by atoms with Gasteiger partial charge in [0.1, 0.15) is 0 Å². The van der Waals surface area contributed by atoms with Crippen molar-refractivity contribution < 1.29 is 0 Å². The van der Waals surface area contributed by atoms with Crippen molar-refractivity contribution >= 4 is 17.1 Å². The van der Waals surface area contributed by atoms with Crippen LogP contribution in [0.3, 0.4) is 0 Å². The topological polar surface area (TPSA) is 41.3 Å². The van der Waals surface area contributed by atoms with E-state index in [1.165, 1.54) is 24.1 Å². The zero-order valence-corrected chi connectivity index (χ0v) is 12.5. The van der Waals surface area contributed by atoms with E-state index in [1.807, 2.05) is 18.2 Å². The lowest BCUT2D eigenvalue weighted by atomic mass is 10.1. The van der Waals surface area contributed by atoms with Crippen LogP contribution in [0.1, 0.15) is 24.8 Å². The zero-order chi connectivity index (χ0) is 14.7. The minimum atomic E-state index is 0.311. The van der Waals surface area contributed by atoms with Gasteiger partial charge in [-0.05, 0) is 50.5 Å². The largest absolute Gasteiger partial charge is 0.397 e. The first-order valence-electron chi connectivity index (χ1n) is 7.68. The van der Waals surface area contributed by atoms with Crippen molar-refractivity contribution in [2.24, 2.45) is 0 Å². The van der Waals surface area contributed by atoms with Crippen molar-refractivity contribution in [3.63, 3.8) is 0 Å². The number of hydrogen-bond acceptors (Lipinski definition) is 3. The normalized spacial score (nSPS) is 18.5. The maximum Gasteiger partial charge on any atom is 0.0990 e. The molecule has 3 N–H and O–H groups in total. The van der Waals surface area contributed by atoms with E-state index < -0.39 is 0 Å². The molecule has 3 rings (SSSR count). The zero-order valence-electron chi connectivity index (χ0n) is 12.5.